The summed E-state index contributed by atoms with van der Waals surface area (Å²) in [7, 11) is 1.57. The van der Waals surface area contributed by atoms with Gasteiger partial charge in [0.2, 0.25) is 0 Å². The summed E-state index contributed by atoms with van der Waals surface area (Å²) in [6, 6.07) is 12.9. The SMILES string of the molecule is CCN(CC)Cc1ccc(NC(=O)c2ccc(-c3cccc(OC)c3Cl)c3nccnc23)nc1. The summed E-state index contributed by atoms with van der Waals surface area (Å²) in [5, 5.41) is 3.35. The van der Waals surface area contributed by atoms with Gasteiger partial charge in [0.1, 0.15) is 17.1 Å². The molecule has 0 saturated carbocycles. The minimum absolute atomic E-state index is 0.308. The molecular weight excluding hydrogens is 450 g/mol. The van der Waals surface area contributed by atoms with E-state index in [1.807, 2.05) is 30.3 Å². The third-order valence-corrected chi connectivity index (χ3v) is 6.10. The zero-order valence-corrected chi connectivity index (χ0v) is 20.1. The van der Waals surface area contributed by atoms with Gasteiger partial charge in [0, 0.05) is 36.3 Å². The van der Waals surface area contributed by atoms with Gasteiger partial charge in [-0.15, -0.1) is 0 Å². The summed E-state index contributed by atoms with van der Waals surface area (Å²) in [4.78, 5) is 28.8. The topological polar surface area (TPSA) is 80.2 Å². The molecule has 2 heterocycles. The molecule has 174 valence electrons. The van der Waals surface area contributed by atoms with Crippen molar-refractivity contribution in [1.82, 2.24) is 19.9 Å². The zero-order chi connectivity index (χ0) is 24.1. The van der Waals surface area contributed by atoms with Crippen molar-refractivity contribution in [3.63, 3.8) is 0 Å². The van der Waals surface area contributed by atoms with Crippen LogP contribution in [-0.2, 0) is 6.54 Å². The van der Waals surface area contributed by atoms with E-state index in [0.717, 1.165) is 36.3 Å². The molecule has 0 bridgehead atoms. The maximum atomic E-state index is 13.1. The maximum Gasteiger partial charge on any atom is 0.259 e. The number of hydrogen-bond donors (Lipinski definition) is 1. The number of hydrogen-bond acceptors (Lipinski definition) is 6. The molecule has 0 radical (unpaired) electrons. The molecule has 0 atom stereocenters. The minimum atomic E-state index is -0.308. The fourth-order valence-electron chi connectivity index (χ4n) is 3.81. The number of carbonyl (C=O) groups is 1. The van der Waals surface area contributed by atoms with E-state index in [1.165, 1.54) is 0 Å². The Kier molecular flexibility index (Phi) is 7.35. The highest BCUT2D eigenvalue weighted by atomic mass is 35.5. The molecule has 1 N–H and O–H groups in total. The molecule has 0 fully saturated rings. The molecule has 0 aliphatic heterocycles. The quantitative estimate of drug-likeness (QED) is 0.365. The van der Waals surface area contributed by atoms with Gasteiger partial charge >= 0.3 is 0 Å². The summed E-state index contributed by atoms with van der Waals surface area (Å²) >= 11 is 6.55. The van der Waals surface area contributed by atoms with E-state index < -0.39 is 0 Å². The van der Waals surface area contributed by atoms with Crippen LogP contribution >= 0.6 is 11.6 Å². The number of halogens is 1. The van der Waals surface area contributed by atoms with E-state index in [-0.39, 0.29) is 5.91 Å². The van der Waals surface area contributed by atoms with Crippen molar-refractivity contribution in [2.45, 2.75) is 20.4 Å². The molecule has 2 aromatic carbocycles. The summed E-state index contributed by atoms with van der Waals surface area (Å²) in [6.45, 7) is 7.03. The number of fused-ring (bicyclic) bond motifs is 1. The number of nitrogens with zero attached hydrogens (tertiary/aromatic N) is 4. The van der Waals surface area contributed by atoms with Crippen LogP contribution in [0.3, 0.4) is 0 Å². The van der Waals surface area contributed by atoms with Crippen molar-refractivity contribution in [3.05, 3.63) is 77.2 Å². The van der Waals surface area contributed by atoms with Crippen molar-refractivity contribution < 1.29 is 9.53 Å². The van der Waals surface area contributed by atoms with E-state index in [1.54, 1.807) is 37.8 Å². The first-order valence-corrected chi connectivity index (χ1v) is 11.5. The maximum absolute atomic E-state index is 13.1. The van der Waals surface area contributed by atoms with Gasteiger partial charge in [0.15, 0.2) is 0 Å². The van der Waals surface area contributed by atoms with Crippen LogP contribution < -0.4 is 10.1 Å². The summed E-state index contributed by atoms with van der Waals surface area (Å²) < 4.78 is 5.35. The van der Waals surface area contributed by atoms with Gasteiger partial charge in [-0.3, -0.25) is 19.7 Å². The summed E-state index contributed by atoms with van der Waals surface area (Å²) in [6.07, 6.45) is 4.95. The number of ether oxygens (including phenoxy) is 1. The largest absolute Gasteiger partial charge is 0.495 e. The molecule has 1 amide bonds. The minimum Gasteiger partial charge on any atom is -0.495 e. The van der Waals surface area contributed by atoms with E-state index in [9.17, 15) is 4.79 Å². The second-order valence-electron chi connectivity index (χ2n) is 7.70. The van der Waals surface area contributed by atoms with E-state index in [2.05, 4.69) is 39.0 Å². The van der Waals surface area contributed by atoms with Crippen LogP contribution in [0, 0.1) is 0 Å². The first-order valence-electron chi connectivity index (χ1n) is 11.1. The molecule has 8 heteroatoms. The highest BCUT2D eigenvalue weighted by Gasteiger charge is 2.18. The van der Waals surface area contributed by atoms with Gasteiger partial charge in [-0.2, -0.15) is 0 Å². The lowest BCUT2D eigenvalue weighted by molar-refractivity contribution is 0.102. The molecule has 4 rings (SSSR count). The van der Waals surface area contributed by atoms with E-state index >= 15 is 0 Å². The Labute approximate surface area is 203 Å². The van der Waals surface area contributed by atoms with Gasteiger partial charge in [-0.05, 0) is 36.9 Å². The predicted octanol–water partition coefficient (Wildman–Crippen LogP) is 5.45. The first kappa shape index (κ1) is 23.6. The van der Waals surface area contributed by atoms with Gasteiger partial charge in [0.25, 0.3) is 5.91 Å². The van der Waals surface area contributed by atoms with E-state index in [0.29, 0.717) is 33.2 Å². The number of benzene rings is 2. The predicted molar refractivity (Wildman–Crippen MR) is 135 cm³/mol. The lowest BCUT2D eigenvalue weighted by Gasteiger charge is -2.17. The average Bonchev–Trinajstić information content (AvgIpc) is 2.88. The fraction of sp³-hybridized carbons (Fsp3) is 0.231. The Morgan fingerprint density at radius 1 is 0.971 bits per heavy atom. The Hall–Kier alpha value is -3.55. The molecule has 0 aliphatic rings. The van der Waals surface area contributed by atoms with Crippen molar-refractivity contribution >= 4 is 34.4 Å². The number of nitrogens with one attached hydrogen (secondary N) is 1. The third-order valence-electron chi connectivity index (χ3n) is 5.71. The molecule has 0 aliphatic carbocycles. The van der Waals surface area contributed by atoms with Crippen LogP contribution in [-0.4, -0.2) is 46.0 Å². The number of aromatic nitrogens is 3. The highest BCUT2D eigenvalue weighted by Crippen LogP contribution is 2.38. The third kappa shape index (κ3) is 4.85. The molecule has 34 heavy (non-hydrogen) atoms. The second kappa shape index (κ2) is 10.6. The van der Waals surface area contributed by atoms with Crippen molar-refractivity contribution in [2.75, 3.05) is 25.5 Å². The van der Waals surface area contributed by atoms with Crippen molar-refractivity contribution in [1.29, 1.82) is 0 Å². The number of methoxy groups -OCH3 is 1. The van der Waals surface area contributed by atoms with Crippen LogP contribution in [0.15, 0.2) is 61.1 Å². The summed E-state index contributed by atoms with van der Waals surface area (Å²) in [5.41, 5.74) is 4.08. The molecule has 2 aromatic heterocycles. The molecular formula is C26H26ClN5O2. The van der Waals surface area contributed by atoms with Gasteiger partial charge in [-0.25, -0.2) is 4.98 Å². The van der Waals surface area contributed by atoms with Crippen molar-refractivity contribution in [2.24, 2.45) is 0 Å². The van der Waals surface area contributed by atoms with Crippen LogP contribution in [0.4, 0.5) is 5.82 Å². The Balaban J connectivity index is 1.63. The normalized spacial score (nSPS) is 11.1. The Morgan fingerprint density at radius 3 is 2.41 bits per heavy atom. The molecule has 0 spiro atoms. The van der Waals surface area contributed by atoms with Gasteiger partial charge in [-0.1, -0.05) is 49.7 Å². The average molecular weight is 476 g/mol. The highest BCUT2D eigenvalue weighted by molar-refractivity contribution is 6.35. The lowest BCUT2D eigenvalue weighted by Crippen LogP contribution is -2.22. The molecule has 0 unspecified atom stereocenters. The van der Waals surface area contributed by atoms with Crippen LogP contribution in [0.2, 0.25) is 5.02 Å². The Bertz CT molecular complexity index is 1310. The van der Waals surface area contributed by atoms with Gasteiger partial charge in [0.05, 0.1) is 23.2 Å². The van der Waals surface area contributed by atoms with Crippen LogP contribution in [0.5, 0.6) is 5.75 Å². The zero-order valence-electron chi connectivity index (χ0n) is 19.4. The number of carbonyl (C=O) groups excluding carboxylic acids is 1. The number of pyridine rings is 1. The molecule has 0 saturated heterocycles. The smallest absolute Gasteiger partial charge is 0.259 e. The number of anilines is 1. The van der Waals surface area contributed by atoms with Crippen LogP contribution in [0.25, 0.3) is 22.2 Å². The standard InChI is InChI=1S/C26H26ClN5O2/c1-4-32(5-2)16-17-9-12-22(30-15-17)31-26(33)20-11-10-19(24-25(20)29-14-13-28-24)18-7-6-8-21(34-3)23(18)27/h6-15H,4-5,16H2,1-3H3,(H,30,31,33). The Morgan fingerprint density at radius 2 is 1.74 bits per heavy atom. The van der Waals surface area contributed by atoms with Crippen molar-refractivity contribution in [3.8, 4) is 16.9 Å². The second-order valence-corrected chi connectivity index (χ2v) is 8.08. The lowest BCUT2D eigenvalue weighted by atomic mass is 10.00. The fourth-order valence-corrected chi connectivity index (χ4v) is 4.12. The van der Waals surface area contributed by atoms with Crippen LogP contribution in [0.1, 0.15) is 29.8 Å². The van der Waals surface area contributed by atoms with Gasteiger partial charge < -0.3 is 10.1 Å². The number of rotatable bonds is 8. The monoisotopic (exact) mass is 475 g/mol. The summed E-state index contributed by atoms with van der Waals surface area (Å²) in [5.74, 6) is 0.733. The molecule has 7 nitrogen and oxygen atoms in total. The first-order chi connectivity index (χ1) is 16.5. The van der Waals surface area contributed by atoms with E-state index in [4.69, 9.17) is 16.3 Å². The molecule has 4 aromatic rings. The number of amides is 1.